The fraction of sp³-hybridized carbons (Fsp3) is 0.655. The Morgan fingerprint density at radius 2 is 2.05 bits per heavy atom. The van der Waals surface area contributed by atoms with Gasteiger partial charge in [0.1, 0.15) is 0 Å². The second-order valence-electron chi connectivity index (χ2n) is 11.3. The van der Waals surface area contributed by atoms with E-state index in [9.17, 15) is 24.3 Å². The van der Waals surface area contributed by atoms with Crippen molar-refractivity contribution in [2.45, 2.75) is 64.9 Å². The van der Waals surface area contributed by atoms with Crippen LogP contribution in [-0.4, -0.2) is 57.3 Å². The highest BCUT2D eigenvalue weighted by Crippen LogP contribution is 2.52. The van der Waals surface area contributed by atoms with Gasteiger partial charge in [0.05, 0.1) is 17.1 Å². The number of carbonyl (C=O) groups is 4. The van der Waals surface area contributed by atoms with Crippen LogP contribution in [0.15, 0.2) is 36.0 Å². The summed E-state index contributed by atoms with van der Waals surface area (Å²) in [7, 11) is 0. The number of imide groups is 1. The van der Waals surface area contributed by atoms with Crippen LogP contribution in [-0.2, 0) is 19.2 Å². The number of rotatable bonds is 9. The van der Waals surface area contributed by atoms with Crippen molar-refractivity contribution in [3.8, 4) is 0 Å². The summed E-state index contributed by atoms with van der Waals surface area (Å²) in [4.78, 5) is 55.0. The molecule has 8 heteroatoms. The van der Waals surface area contributed by atoms with Crippen LogP contribution in [0.3, 0.4) is 0 Å². The van der Waals surface area contributed by atoms with Gasteiger partial charge in [0.2, 0.25) is 5.91 Å². The van der Waals surface area contributed by atoms with Crippen molar-refractivity contribution in [2.24, 2.45) is 35.5 Å². The van der Waals surface area contributed by atoms with Gasteiger partial charge in [-0.15, -0.1) is 18.3 Å². The zero-order valence-electron chi connectivity index (χ0n) is 22.2. The molecule has 0 spiro atoms. The van der Waals surface area contributed by atoms with Crippen LogP contribution in [0.2, 0.25) is 0 Å². The number of fused-ring (bicyclic) bond motifs is 1. The van der Waals surface area contributed by atoms with Crippen LogP contribution in [0.4, 0.5) is 0 Å². The molecule has 2 aliphatic carbocycles. The lowest BCUT2D eigenvalue weighted by Gasteiger charge is -2.51. The number of carbonyl (C=O) groups excluding carboxylic acids is 4. The Balaban J connectivity index is 1.65. The number of thioether (sulfide) groups is 1. The lowest BCUT2D eigenvalue weighted by Crippen LogP contribution is -2.56. The molecule has 0 bridgehead atoms. The number of aliphatic hydroxyl groups is 1. The van der Waals surface area contributed by atoms with Crippen LogP contribution in [0.25, 0.3) is 0 Å². The molecule has 2 N–H and O–H groups in total. The van der Waals surface area contributed by atoms with Crippen LogP contribution in [0, 0.1) is 35.5 Å². The molecule has 7 atom stereocenters. The van der Waals surface area contributed by atoms with Gasteiger partial charge < -0.3 is 10.0 Å². The molecule has 7 unspecified atom stereocenters. The first-order valence-corrected chi connectivity index (χ1v) is 14.8. The minimum absolute atomic E-state index is 0.0691. The molecule has 0 radical (unpaired) electrons. The van der Waals surface area contributed by atoms with Crippen molar-refractivity contribution < 1.29 is 24.3 Å². The molecule has 4 aliphatic rings. The van der Waals surface area contributed by atoms with E-state index in [4.69, 9.17) is 0 Å². The fourth-order valence-electron chi connectivity index (χ4n) is 6.98. The van der Waals surface area contributed by atoms with E-state index in [1.807, 2.05) is 24.8 Å². The van der Waals surface area contributed by atoms with Crippen LogP contribution < -0.4 is 5.32 Å². The van der Waals surface area contributed by atoms with Crippen molar-refractivity contribution in [3.05, 3.63) is 36.0 Å². The molecule has 3 amide bonds. The summed E-state index contributed by atoms with van der Waals surface area (Å²) in [5, 5.41) is 14.2. The number of ketones is 1. The first-order chi connectivity index (χ1) is 17.6. The van der Waals surface area contributed by atoms with E-state index in [1.54, 1.807) is 23.9 Å². The zero-order valence-corrected chi connectivity index (χ0v) is 23.0. The second kappa shape index (κ2) is 11.3. The number of unbranched alkanes of at least 4 members (excludes halogenated alkanes) is 2. The van der Waals surface area contributed by atoms with Crippen molar-refractivity contribution in [1.29, 1.82) is 0 Å². The summed E-state index contributed by atoms with van der Waals surface area (Å²) >= 11 is 1.73. The van der Waals surface area contributed by atoms with Gasteiger partial charge in [0.15, 0.2) is 5.78 Å². The highest BCUT2D eigenvalue weighted by molar-refractivity contribution is 7.99. The number of Topliss-reactive ketones (excluding diaryl/α,β-unsaturated/α-hetero) is 1. The molecular formula is C29H40N2O5S. The molecule has 7 nitrogen and oxygen atoms in total. The molecule has 202 valence electrons. The van der Waals surface area contributed by atoms with Crippen molar-refractivity contribution in [2.75, 3.05) is 18.2 Å². The minimum atomic E-state index is -1.32. The maximum atomic E-state index is 14.2. The molecule has 0 aromatic rings. The van der Waals surface area contributed by atoms with E-state index in [1.165, 1.54) is 0 Å². The predicted molar refractivity (Wildman–Crippen MR) is 144 cm³/mol. The molecule has 2 fully saturated rings. The lowest BCUT2D eigenvalue weighted by molar-refractivity contribution is -0.149. The number of nitrogens with zero attached hydrogens (tertiary/aromatic N) is 1. The number of allylic oxidation sites excluding steroid dienone is 2. The Labute approximate surface area is 224 Å². The van der Waals surface area contributed by atoms with Crippen LogP contribution in [0.1, 0.15) is 59.3 Å². The molecule has 1 saturated heterocycles. The summed E-state index contributed by atoms with van der Waals surface area (Å²) in [6, 6.07) is 0. The van der Waals surface area contributed by atoms with E-state index < -0.39 is 29.3 Å². The highest BCUT2D eigenvalue weighted by Gasteiger charge is 2.56. The fourth-order valence-corrected chi connectivity index (χ4v) is 7.93. The topological polar surface area (TPSA) is 104 Å². The Kier molecular flexibility index (Phi) is 8.48. The van der Waals surface area contributed by atoms with Crippen LogP contribution >= 0.6 is 11.8 Å². The average molecular weight is 529 g/mol. The van der Waals surface area contributed by atoms with Gasteiger partial charge in [-0.2, -0.15) is 0 Å². The predicted octanol–water partition coefficient (Wildman–Crippen LogP) is 3.64. The number of nitrogens with one attached hydrogen (secondary N) is 1. The summed E-state index contributed by atoms with van der Waals surface area (Å²) in [6.45, 7) is 10.6. The van der Waals surface area contributed by atoms with Gasteiger partial charge in [-0.05, 0) is 31.1 Å². The Morgan fingerprint density at radius 1 is 1.30 bits per heavy atom. The Hall–Kier alpha value is -2.19. The van der Waals surface area contributed by atoms with Gasteiger partial charge >= 0.3 is 0 Å². The zero-order chi connectivity index (χ0) is 26.9. The van der Waals surface area contributed by atoms with Gasteiger partial charge in [-0.1, -0.05) is 58.3 Å². The largest absolute Gasteiger partial charge is 0.385 e. The van der Waals surface area contributed by atoms with Gasteiger partial charge in [-0.3, -0.25) is 24.5 Å². The summed E-state index contributed by atoms with van der Waals surface area (Å²) < 4.78 is 0. The molecule has 2 heterocycles. The summed E-state index contributed by atoms with van der Waals surface area (Å²) in [5.74, 6) is -2.00. The van der Waals surface area contributed by atoms with Crippen molar-refractivity contribution in [3.63, 3.8) is 0 Å². The molecule has 37 heavy (non-hydrogen) atoms. The normalized spacial score (nSPS) is 34.4. The average Bonchev–Trinajstić information content (AvgIpc) is 3.49. The first kappa shape index (κ1) is 27.8. The van der Waals surface area contributed by atoms with E-state index in [0.717, 1.165) is 31.6 Å². The lowest BCUT2D eigenvalue weighted by atomic mass is 9.55. The SMILES string of the molecule is C=CC(CCCCC)C1=C(C(=O)C2C(C)C=CC3(O)CC(C(=O)N4CCSC4)CC(C)C23)C(=O)NC1=O. The van der Waals surface area contributed by atoms with E-state index in [2.05, 4.69) is 18.8 Å². The molecule has 1 saturated carbocycles. The number of hydrogen-bond acceptors (Lipinski definition) is 6. The molecule has 0 aromatic carbocycles. The van der Waals surface area contributed by atoms with Crippen molar-refractivity contribution in [1.82, 2.24) is 10.2 Å². The first-order valence-electron chi connectivity index (χ1n) is 13.7. The highest BCUT2D eigenvalue weighted by atomic mass is 32.2. The third-order valence-corrected chi connectivity index (χ3v) is 9.73. The standard InChI is InChI=1S/C29H40N2O5S/c1-5-7-8-9-19(6-2)22-23(27(34)30-26(22)33)25(32)21-17(3)10-11-29(36)15-20(14-18(4)24(21)29)28(35)31-12-13-37-16-31/h6,10-11,17-21,24,36H,2,5,7-9,12-16H2,1,3-4H3,(H,30,33,34). The summed E-state index contributed by atoms with van der Waals surface area (Å²) in [6.07, 6.45) is 9.64. The minimum Gasteiger partial charge on any atom is -0.385 e. The monoisotopic (exact) mass is 528 g/mol. The summed E-state index contributed by atoms with van der Waals surface area (Å²) in [5.41, 5.74) is -1.17. The van der Waals surface area contributed by atoms with E-state index >= 15 is 0 Å². The maximum absolute atomic E-state index is 14.2. The number of amides is 3. The smallest absolute Gasteiger partial charge is 0.262 e. The van der Waals surface area contributed by atoms with Crippen LogP contribution in [0.5, 0.6) is 0 Å². The van der Waals surface area contributed by atoms with Gasteiger partial charge in [0, 0.05) is 41.5 Å². The Morgan fingerprint density at radius 3 is 2.70 bits per heavy atom. The van der Waals surface area contributed by atoms with Gasteiger partial charge in [-0.25, -0.2) is 0 Å². The maximum Gasteiger partial charge on any atom is 0.262 e. The molecule has 2 aliphatic heterocycles. The molecular weight excluding hydrogens is 488 g/mol. The van der Waals surface area contributed by atoms with Crippen molar-refractivity contribution >= 4 is 35.3 Å². The van der Waals surface area contributed by atoms with Gasteiger partial charge in [0.25, 0.3) is 11.8 Å². The van der Waals surface area contributed by atoms with E-state index in [-0.39, 0.29) is 52.9 Å². The third-order valence-electron chi connectivity index (χ3n) is 8.77. The molecule has 0 aromatic heterocycles. The van der Waals surface area contributed by atoms with E-state index in [0.29, 0.717) is 18.7 Å². The molecule has 4 rings (SSSR count). The number of hydrogen-bond donors (Lipinski definition) is 2. The third kappa shape index (κ3) is 5.24. The Bertz CT molecular complexity index is 1030. The second-order valence-corrected chi connectivity index (χ2v) is 12.4. The quantitative estimate of drug-likeness (QED) is 0.205.